The number of hydrogen-bond acceptors (Lipinski definition) is 1. The van der Waals surface area contributed by atoms with E-state index in [0.29, 0.717) is 21.0 Å². The van der Waals surface area contributed by atoms with Crippen molar-refractivity contribution in [1.29, 1.82) is 0 Å². The largest absolute Gasteiger partial charge is 0.378 e. The van der Waals surface area contributed by atoms with E-state index in [9.17, 15) is 0 Å². The zero-order chi connectivity index (χ0) is 12.3. The molecule has 1 nitrogen and oxygen atoms in total. The molecular weight excluding hydrogens is 323 g/mol. The summed E-state index contributed by atoms with van der Waals surface area (Å²) in [5.74, 6) is 0. The van der Waals surface area contributed by atoms with Gasteiger partial charge < -0.3 is 4.74 Å². The quantitative estimate of drug-likeness (QED) is 0.669. The highest BCUT2D eigenvalue weighted by molar-refractivity contribution is 9.09. The van der Waals surface area contributed by atoms with Gasteiger partial charge in [0.25, 0.3) is 0 Å². The SMILES string of the molecule is Clc1ccc(C(Br)CCC2CCCO2)cc1Cl. The van der Waals surface area contributed by atoms with Crippen LogP contribution in [0.1, 0.15) is 36.1 Å². The van der Waals surface area contributed by atoms with E-state index in [1.807, 2.05) is 18.2 Å². The predicted octanol–water partition coefficient (Wildman–Crippen LogP) is 5.39. The first-order chi connectivity index (χ1) is 8.16. The lowest BCUT2D eigenvalue weighted by atomic mass is 10.0. The van der Waals surface area contributed by atoms with E-state index < -0.39 is 0 Å². The average molecular weight is 338 g/mol. The Hall–Kier alpha value is 0.240. The van der Waals surface area contributed by atoms with Crippen molar-refractivity contribution in [3.8, 4) is 0 Å². The molecular formula is C13H15BrCl2O. The van der Waals surface area contributed by atoms with Gasteiger partial charge in [0, 0.05) is 11.4 Å². The number of benzene rings is 1. The van der Waals surface area contributed by atoms with Gasteiger partial charge >= 0.3 is 0 Å². The summed E-state index contributed by atoms with van der Waals surface area (Å²) in [5.41, 5.74) is 1.18. The maximum atomic E-state index is 6.01. The van der Waals surface area contributed by atoms with Gasteiger partial charge in [-0.05, 0) is 43.4 Å². The minimum absolute atomic E-state index is 0.321. The molecule has 0 N–H and O–H groups in total. The van der Waals surface area contributed by atoms with E-state index in [2.05, 4.69) is 15.9 Å². The molecule has 0 amide bonds. The van der Waals surface area contributed by atoms with Gasteiger partial charge in [-0.2, -0.15) is 0 Å². The van der Waals surface area contributed by atoms with Crippen LogP contribution >= 0.6 is 39.1 Å². The first-order valence-electron chi connectivity index (χ1n) is 5.87. The van der Waals surface area contributed by atoms with Gasteiger partial charge in [0.05, 0.1) is 16.1 Å². The van der Waals surface area contributed by atoms with E-state index in [1.54, 1.807) is 0 Å². The standard InChI is InChI=1S/C13H15BrCl2O/c14-11(5-4-10-2-1-7-17-10)9-3-6-12(15)13(16)8-9/h3,6,8,10-11H,1-2,4-5,7H2. The van der Waals surface area contributed by atoms with Crippen molar-refractivity contribution >= 4 is 39.1 Å². The Morgan fingerprint density at radius 1 is 1.35 bits per heavy atom. The van der Waals surface area contributed by atoms with Gasteiger partial charge in [-0.1, -0.05) is 45.2 Å². The van der Waals surface area contributed by atoms with Crippen LogP contribution in [0.5, 0.6) is 0 Å². The monoisotopic (exact) mass is 336 g/mol. The van der Waals surface area contributed by atoms with Gasteiger partial charge in [-0.15, -0.1) is 0 Å². The third-order valence-corrected chi connectivity index (χ3v) is 4.80. The van der Waals surface area contributed by atoms with Crippen LogP contribution < -0.4 is 0 Å². The molecule has 4 heteroatoms. The van der Waals surface area contributed by atoms with Crippen LogP contribution in [0.2, 0.25) is 10.0 Å². The second kappa shape index (κ2) is 6.42. The molecule has 1 saturated heterocycles. The summed E-state index contributed by atoms with van der Waals surface area (Å²) >= 11 is 15.6. The predicted molar refractivity (Wildman–Crippen MR) is 76.3 cm³/mol. The molecule has 1 aliphatic rings. The average Bonchev–Trinajstić information content (AvgIpc) is 2.82. The van der Waals surface area contributed by atoms with Crippen LogP contribution in [0, 0.1) is 0 Å². The van der Waals surface area contributed by atoms with Crippen molar-refractivity contribution in [1.82, 2.24) is 0 Å². The number of alkyl halides is 1. The molecule has 1 heterocycles. The van der Waals surface area contributed by atoms with Crippen molar-refractivity contribution in [2.75, 3.05) is 6.61 Å². The van der Waals surface area contributed by atoms with E-state index in [4.69, 9.17) is 27.9 Å². The number of rotatable bonds is 4. The van der Waals surface area contributed by atoms with Gasteiger partial charge in [-0.3, -0.25) is 0 Å². The Morgan fingerprint density at radius 3 is 2.82 bits per heavy atom. The molecule has 0 radical (unpaired) electrons. The van der Waals surface area contributed by atoms with Crippen LogP contribution in [0.3, 0.4) is 0 Å². The summed E-state index contributed by atoms with van der Waals surface area (Å²) in [6, 6.07) is 5.79. The number of hydrogen-bond donors (Lipinski definition) is 0. The minimum atomic E-state index is 0.321. The Balaban J connectivity index is 1.89. The van der Waals surface area contributed by atoms with Crippen LogP contribution in [0.25, 0.3) is 0 Å². The van der Waals surface area contributed by atoms with Gasteiger partial charge in [0.1, 0.15) is 0 Å². The zero-order valence-electron chi connectivity index (χ0n) is 9.46. The van der Waals surface area contributed by atoms with Gasteiger partial charge in [0.15, 0.2) is 0 Å². The van der Waals surface area contributed by atoms with Crippen molar-refractivity contribution in [3.05, 3.63) is 33.8 Å². The summed E-state index contributed by atoms with van der Waals surface area (Å²) < 4.78 is 5.61. The second-order valence-corrected chi connectivity index (χ2v) is 6.27. The van der Waals surface area contributed by atoms with Crippen LogP contribution in [0.15, 0.2) is 18.2 Å². The third-order valence-electron chi connectivity index (χ3n) is 3.07. The van der Waals surface area contributed by atoms with E-state index in [0.717, 1.165) is 19.4 Å². The molecule has 0 bridgehead atoms. The molecule has 1 aromatic rings. The molecule has 0 spiro atoms. The summed E-state index contributed by atoms with van der Waals surface area (Å²) in [5, 5.41) is 1.22. The zero-order valence-corrected chi connectivity index (χ0v) is 12.6. The molecule has 1 aromatic carbocycles. The highest BCUT2D eigenvalue weighted by atomic mass is 79.9. The van der Waals surface area contributed by atoms with Crippen LogP contribution in [0.4, 0.5) is 0 Å². The Labute approximate surface area is 121 Å². The molecule has 0 saturated carbocycles. The van der Waals surface area contributed by atoms with E-state index in [-0.39, 0.29) is 0 Å². The molecule has 2 unspecified atom stereocenters. The van der Waals surface area contributed by atoms with E-state index in [1.165, 1.54) is 18.4 Å². The van der Waals surface area contributed by atoms with Crippen molar-refractivity contribution < 1.29 is 4.74 Å². The molecule has 1 aliphatic heterocycles. The Kier molecular flexibility index (Phi) is 5.16. The molecule has 2 rings (SSSR count). The summed E-state index contributed by atoms with van der Waals surface area (Å²) in [4.78, 5) is 0.321. The maximum Gasteiger partial charge on any atom is 0.0595 e. The third kappa shape index (κ3) is 3.85. The highest BCUT2D eigenvalue weighted by Gasteiger charge is 2.17. The van der Waals surface area contributed by atoms with Crippen LogP contribution in [-0.4, -0.2) is 12.7 Å². The van der Waals surface area contributed by atoms with Crippen molar-refractivity contribution in [2.45, 2.75) is 36.6 Å². The first-order valence-corrected chi connectivity index (χ1v) is 7.54. The summed E-state index contributed by atoms with van der Waals surface area (Å²) in [6.07, 6.45) is 4.99. The molecule has 2 atom stereocenters. The van der Waals surface area contributed by atoms with Gasteiger partial charge in [-0.25, -0.2) is 0 Å². The molecule has 1 fully saturated rings. The lowest BCUT2D eigenvalue weighted by molar-refractivity contribution is 0.102. The fraction of sp³-hybridized carbons (Fsp3) is 0.538. The Bertz CT molecular complexity index is 378. The molecule has 0 aliphatic carbocycles. The normalized spacial score (nSPS) is 21.7. The maximum absolute atomic E-state index is 6.01. The van der Waals surface area contributed by atoms with Crippen LogP contribution in [-0.2, 0) is 4.74 Å². The second-order valence-electron chi connectivity index (χ2n) is 4.35. The fourth-order valence-corrected chi connectivity index (χ4v) is 2.93. The summed E-state index contributed by atoms with van der Waals surface area (Å²) in [6.45, 7) is 0.921. The van der Waals surface area contributed by atoms with Crippen molar-refractivity contribution in [2.24, 2.45) is 0 Å². The van der Waals surface area contributed by atoms with E-state index >= 15 is 0 Å². The lowest BCUT2D eigenvalue weighted by Gasteiger charge is -2.14. The smallest absolute Gasteiger partial charge is 0.0595 e. The highest BCUT2D eigenvalue weighted by Crippen LogP contribution is 2.33. The molecule has 94 valence electrons. The first kappa shape index (κ1) is 13.7. The fourth-order valence-electron chi connectivity index (χ4n) is 2.08. The summed E-state index contributed by atoms with van der Waals surface area (Å²) in [7, 11) is 0. The Morgan fingerprint density at radius 2 is 2.18 bits per heavy atom. The number of ether oxygens (including phenoxy) is 1. The van der Waals surface area contributed by atoms with Gasteiger partial charge in [0.2, 0.25) is 0 Å². The minimum Gasteiger partial charge on any atom is -0.378 e. The topological polar surface area (TPSA) is 9.23 Å². The molecule has 0 aromatic heterocycles. The lowest BCUT2D eigenvalue weighted by Crippen LogP contribution is -2.05. The molecule has 17 heavy (non-hydrogen) atoms. The van der Waals surface area contributed by atoms with Crippen molar-refractivity contribution in [3.63, 3.8) is 0 Å². The number of halogens is 3.